The first-order valence-electron chi connectivity index (χ1n) is 10.2. The third-order valence-electron chi connectivity index (χ3n) is 5.88. The van der Waals surface area contributed by atoms with Crippen molar-refractivity contribution in [1.82, 2.24) is 15.1 Å². The van der Waals surface area contributed by atoms with Crippen molar-refractivity contribution in [3.8, 4) is 0 Å². The van der Waals surface area contributed by atoms with E-state index in [1.165, 1.54) is 23.1 Å². The fourth-order valence-electron chi connectivity index (χ4n) is 4.37. The lowest BCUT2D eigenvalue weighted by Crippen LogP contribution is -2.40. The highest BCUT2D eigenvalue weighted by Crippen LogP contribution is 2.18. The zero-order valence-corrected chi connectivity index (χ0v) is 16.1. The van der Waals surface area contributed by atoms with Crippen LogP contribution in [-0.2, 0) is 19.5 Å². The van der Waals surface area contributed by atoms with Gasteiger partial charge in [-0.25, -0.2) is 0 Å². The first-order chi connectivity index (χ1) is 13.3. The molecule has 2 heterocycles. The standard InChI is InChI=1S/C23H31N3O/c27-23-18-26(15-19-7-2-1-3-8-19)17-22(23)24-12-6-13-25-14-11-20-9-4-5-10-21(20)16-25/h1-5,7-10,22-24,27H,6,11-18H2. The summed E-state index contributed by atoms with van der Waals surface area (Å²) in [5.41, 5.74) is 4.31. The van der Waals surface area contributed by atoms with Crippen LogP contribution in [-0.4, -0.2) is 59.8 Å². The van der Waals surface area contributed by atoms with Gasteiger partial charge >= 0.3 is 0 Å². The van der Waals surface area contributed by atoms with Crippen LogP contribution in [0.2, 0.25) is 0 Å². The molecule has 2 atom stereocenters. The molecule has 0 aliphatic carbocycles. The van der Waals surface area contributed by atoms with E-state index in [2.05, 4.69) is 63.6 Å². The van der Waals surface area contributed by atoms with E-state index in [0.29, 0.717) is 0 Å². The van der Waals surface area contributed by atoms with Gasteiger partial charge in [0.25, 0.3) is 0 Å². The maximum absolute atomic E-state index is 10.4. The Labute approximate surface area is 162 Å². The fraction of sp³-hybridized carbons (Fsp3) is 0.478. The largest absolute Gasteiger partial charge is 0.390 e. The quantitative estimate of drug-likeness (QED) is 0.739. The topological polar surface area (TPSA) is 38.7 Å². The van der Waals surface area contributed by atoms with Crippen molar-refractivity contribution >= 4 is 0 Å². The van der Waals surface area contributed by atoms with Crippen molar-refractivity contribution in [1.29, 1.82) is 0 Å². The van der Waals surface area contributed by atoms with E-state index in [1.807, 2.05) is 6.07 Å². The molecular weight excluding hydrogens is 334 g/mol. The van der Waals surface area contributed by atoms with Crippen LogP contribution in [0.4, 0.5) is 0 Å². The van der Waals surface area contributed by atoms with Crippen LogP contribution >= 0.6 is 0 Å². The minimum Gasteiger partial charge on any atom is -0.390 e. The highest BCUT2D eigenvalue weighted by atomic mass is 16.3. The molecular formula is C23H31N3O. The average Bonchev–Trinajstić information content (AvgIpc) is 3.05. The number of β-amino-alcohol motifs (C(OH)–C–C–N with tert-alkyl or cyclic N) is 1. The highest BCUT2D eigenvalue weighted by Gasteiger charge is 2.30. The van der Waals surface area contributed by atoms with Gasteiger partial charge < -0.3 is 10.4 Å². The van der Waals surface area contributed by atoms with Crippen LogP contribution in [0.5, 0.6) is 0 Å². The predicted molar refractivity (Wildman–Crippen MR) is 110 cm³/mol. The maximum Gasteiger partial charge on any atom is 0.0832 e. The third-order valence-corrected chi connectivity index (χ3v) is 5.88. The Morgan fingerprint density at radius 2 is 1.70 bits per heavy atom. The SMILES string of the molecule is OC1CN(Cc2ccccc2)CC1NCCCN1CCc2ccccc2C1. The summed E-state index contributed by atoms with van der Waals surface area (Å²) in [6, 6.07) is 19.5. The van der Waals surface area contributed by atoms with E-state index in [4.69, 9.17) is 0 Å². The second-order valence-electron chi connectivity index (χ2n) is 7.96. The van der Waals surface area contributed by atoms with E-state index in [0.717, 1.165) is 52.2 Å². The molecule has 2 aliphatic heterocycles. The second-order valence-corrected chi connectivity index (χ2v) is 7.96. The molecule has 0 spiro atoms. The summed E-state index contributed by atoms with van der Waals surface area (Å²) in [6.07, 6.45) is 2.03. The summed E-state index contributed by atoms with van der Waals surface area (Å²) >= 11 is 0. The van der Waals surface area contributed by atoms with Crippen molar-refractivity contribution in [2.45, 2.75) is 38.1 Å². The number of benzene rings is 2. The van der Waals surface area contributed by atoms with Gasteiger partial charge in [-0.05, 0) is 42.6 Å². The molecule has 0 radical (unpaired) electrons. The van der Waals surface area contributed by atoms with Crippen LogP contribution in [0.15, 0.2) is 54.6 Å². The van der Waals surface area contributed by atoms with Crippen LogP contribution in [0, 0.1) is 0 Å². The van der Waals surface area contributed by atoms with Crippen LogP contribution in [0.25, 0.3) is 0 Å². The van der Waals surface area contributed by atoms with Gasteiger partial charge in [0.15, 0.2) is 0 Å². The minimum atomic E-state index is -0.268. The summed E-state index contributed by atoms with van der Waals surface area (Å²) in [5, 5.41) is 14.0. The van der Waals surface area contributed by atoms with Crippen molar-refractivity contribution in [2.75, 3.05) is 32.7 Å². The predicted octanol–water partition coefficient (Wildman–Crippen LogP) is 2.27. The molecule has 4 heteroatoms. The number of nitrogens with one attached hydrogen (secondary N) is 1. The van der Waals surface area contributed by atoms with E-state index in [-0.39, 0.29) is 12.1 Å². The van der Waals surface area contributed by atoms with Gasteiger partial charge in [0.05, 0.1) is 6.10 Å². The highest BCUT2D eigenvalue weighted by molar-refractivity contribution is 5.29. The van der Waals surface area contributed by atoms with E-state index >= 15 is 0 Å². The molecule has 0 saturated carbocycles. The molecule has 2 N–H and O–H groups in total. The molecule has 1 fully saturated rings. The Hall–Kier alpha value is -1.72. The number of nitrogens with zero attached hydrogens (tertiary/aromatic N) is 2. The molecule has 0 bridgehead atoms. The van der Waals surface area contributed by atoms with Crippen LogP contribution in [0.3, 0.4) is 0 Å². The van der Waals surface area contributed by atoms with Crippen LogP contribution < -0.4 is 5.32 Å². The molecule has 2 aromatic rings. The van der Waals surface area contributed by atoms with E-state index < -0.39 is 0 Å². The van der Waals surface area contributed by atoms with E-state index in [9.17, 15) is 5.11 Å². The van der Waals surface area contributed by atoms with Gasteiger partial charge in [0, 0.05) is 38.8 Å². The van der Waals surface area contributed by atoms with Crippen molar-refractivity contribution in [3.63, 3.8) is 0 Å². The number of hydrogen-bond acceptors (Lipinski definition) is 4. The molecule has 0 amide bonds. The lowest BCUT2D eigenvalue weighted by molar-refractivity contribution is 0.152. The Morgan fingerprint density at radius 3 is 2.56 bits per heavy atom. The zero-order valence-electron chi connectivity index (χ0n) is 16.1. The normalized spacial score (nSPS) is 23.4. The van der Waals surface area contributed by atoms with Gasteiger partial charge in [-0.1, -0.05) is 54.6 Å². The van der Waals surface area contributed by atoms with Gasteiger partial charge in [-0.2, -0.15) is 0 Å². The summed E-state index contributed by atoms with van der Waals surface area (Å²) in [5.74, 6) is 0. The molecule has 2 unspecified atom stereocenters. The lowest BCUT2D eigenvalue weighted by atomic mass is 10.00. The van der Waals surface area contributed by atoms with Gasteiger partial charge in [-0.3, -0.25) is 9.80 Å². The Balaban J connectivity index is 1.17. The third kappa shape index (κ3) is 4.96. The van der Waals surface area contributed by atoms with Crippen molar-refractivity contribution < 1.29 is 5.11 Å². The molecule has 2 aromatic carbocycles. The summed E-state index contributed by atoms with van der Waals surface area (Å²) in [6.45, 7) is 6.93. The Kier molecular flexibility index (Phi) is 6.20. The summed E-state index contributed by atoms with van der Waals surface area (Å²) < 4.78 is 0. The first kappa shape index (κ1) is 18.6. The number of aliphatic hydroxyl groups excluding tert-OH is 1. The Morgan fingerprint density at radius 1 is 0.926 bits per heavy atom. The smallest absolute Gasteiger partial charge is 0.0832 e. The minimum absolute atomic E-state index is 0.191. The molecule has 4 rings (SSSR count). The number of likely N-dealkylation sites (tertiary alicyclic amines) is 1. The number of rotatable bonds is 7. The molecule has 2 aliphatic rings. The second kappa shape index (κ2) is 8.98. The van der Waals surface area contributed by atoms with E-state index in [1.54, 1.807) is 0 Å². The maximum atomic E-state index is 10.4. The summed E-state index contributed by atoms with van der Waals surface area (Å²) in [7, 11) is 0. The molecule has 4 nitrogen and oxygen atoms in total. The molecule has 1 saturated heterocycles. The number of aliphatic hydroxyl groups is 1. The number of fused-ring (bicyclic) bond motifs is 1. The van der Waals surface area contributed by atoms with Gasteiger partial charge in [0.1, 0.15) is 0 Å². The monoisotopic (exact) mass is 365 g/mol. The van der Waals surface area contributed by atoms with Crippen molar-refractivity contribution in [2.24, 2.45) is 0 Å². The van der Waals surface area contributed by atoms with Gasteiger partial charge in [0.2, 0.25) is 0 Å². The fourth-order valence-corrected chi connectivity index (χ4v) is 4.37. The zero-order chi connectivity index (χ0) is 18.5. The average molecular weight is 366 g/mol. The molecule has 144 valence electrons. The Bertz CT molecular complexity index is 721. The number of hydrogen-bond donors (Lipinski definition) is 2. The lowest BCUT2D eigenvalue weighted by Gasteiger charge is -2.29. The molecule has 27 heavy (non-hydrogen) atoms. The van der Waals surface area contributed by atoms with Gasteiger partial charge in [-0.15, -0.1) is 0 Å². The molecule has 0 aromatic heterocycles. The van der Waals surface area contributed by atoms with Crippen molar-refractivity contribution in [3.05, 3.63) is 71.3 Å². The summed E-state index contributed by atoms with van der Waals surface area (Å²) in [4.78, 5) is 4.90. The van der Waals surface area contributed by atoms with Crippen LogP contribution in [0.1, 0.15) is 23.1 Å². The first-order valence-corrected chi connectivity index (χ1v) is 10.2.